The molecule has 9 heteroatoms. The van der Waals surface area contributed by atoms with Gasteiger partial charge < -0.3 is 4.90 Å². The highest BCUT2D eigenvalue weighted by Crippen LogP contribution is 2.59. The van der Waals surface area contributed by atoms with Gasteiger partial charge in [-0.05, 0) is 74.1 Å². The number of anilines is 1. The number of aryl methyl sites for hydroxylation is 2. The molecule has 1 aromatic heterocycles. The van der Waals surface area contributed by atoms with E-state index in [1.54, 1.807) is 6.92 Å². The second-order valence-electron chi connectivity index (χ2n) is 10.6. The van der Waals surface area contributed by atoms with Gasteiger partial charge in [0.2, 0.25) is 0 Å². The summed E-state index contributed by atoms with van der Waals surface area (Å²) in [5, 5.41) is 6.36. The van der Waals surface area contributed by atoms with Crippen molar-refractivity contribution in [2.45, 2.75) is 59.3 Å². The van der Waals surface area contributed by atoms with Gasteiger partial charge in [0.25, 0.3) is 0 Å². The average Bonchev–Trinajstić information content (AvgIpc) is 3.64. The predicted octanol–water partition coefficient (Wildman–Crippen LogP) is 8.72. The molecule has 1 aliphatic rings. The molecule has 0 amide bonds. The Bertz CT molecular complexity index is 1250. The number of likely N-dealkylation sites (N-methyl/N-ethyl adjacent to an activating group) is 1. The molecule has 1 fully saturated rings. The highest BCUT2D eigenvalue weighted by molar-refractivity contribution is 6.30. The molecule has 2 aromatic carbocycles. The molecule has 0 saturated heterocycles. The first-order chi connectivity index (χ1) is 18.9. The molecule has 218 valence electrons. The molecule has 0 radical (unpaired) electrons. The van der Waals surface area contributed by atoms with Crippen LogP contribution in [0.2, 0.25) is 10.0 Å². The number of benzene rings is 2. The third-order valence-electron chi connectivity index (χ3n) is 7.58. The minimum absolute atomic E-state index is 0.247. The number of aromatic nitrogens is 2. The number of nitrogens with zero attached hydrogens (tertiary/aromatic N) is 4. The van der Waals surface area contributed by atoms with Crippen molar-refractivity contribution in [1.29, 1.82) is 0 Å². The molecule has 40 heavy (non-hydrogen) atoms. The summed E-state index contributed by atoms with van der Waals surface area (Å²) >= 11 is 12.2. The highest BCUT2D eigenvalue weighted by Gasteiger charge is 2.61. The Morgan fingerprint density at radius 3 is 2.23 bits per heavy atom. The molecule has 4 nitrogen and oxygen atoms in total. The van der Waals surface area contributed by atoms with E-state index in [0.717, 1.165) is 47.7 Å². The first kappa shape index (κ1) is 32.0. The number of hydrogen-bond donors (Lipinski definition) is 0. The summed E-state index contributed by atoms with van der Waals surface area (Å²) in [4.78, 5) is 4.57. The third-order valence-corrected chi connectivity index (χ3v) is 8.07. The van der Waals surface area contributed by atoms with Crippen LogP contribution in [-0.4, -0.2) is 47.5 Å². The maximum absolute atomic E-state index is 11.9. The van der Waals surface area contributed by atoms with Crippen LogP contribution in [-0.2, 0) is 13.1 Å². The van der Waals surface area contributed by atoms with Crippen molar-refractivity contribution in [2.75, 3.05) is 31.6 Å². The zero-order chi connectivity index (χ0) is 29.5. The van der Waals surface area contributed by atoms with Crippen molar-refractivity contribution in [3.8, 4) is 0 Å². The molecule has 1 aliphatic carbocycles. The fourth-order valence-corrected chi connectivity index (χ4v) is 4.79. The predicted molar refractivity (Wildman–Crippen MR) is 160 cm³/mol. The summed E-state index contributed by atoms with van der Waals surface area (Å²) in [6.45, 7) is 13.9. The Morgan fingerprint density at radius 1 is 1.02 bits per heavy atom. The maximum Gasteiger partial charge on any atom is 0.394 e. The average molecular weight is 596 g/mol. The van der Waals surface area contributed by atoms with Crippen LogP contribution in [0.1, 0.15) is 48.6 Å². The molecule has 0 unspecified atom stereocenters. The van der Waals surface area contributed by atoms with E-state index in [2.05, 4.69) is 61.5 Å². The molecule has 0 spiro atoms. The molecule has 1 saturated carbocycles. The summed E-state index contributed by atoms with van der Waals surface area (Å²) in [5.74, 6) is 0.974. The largest absolute Gasteiger partial charge is 0.394 e. The summed E-state index contributed by atoms with van der Waals surface area (Å²) in [5.41, 5.74) is 3.51. The van der Waals surface area contributed by atoms with Gasteiger partial charge in [0.15, 0.2) is 5.82 Å². The van der Waals surface area contributed by atoms with Gasteiger partial charge in [0.05, 0.1) is 12.0 Å². The minimum atomic E-state index is -3.94. The first-order valence-electron chi connectivity index (χ1n) is 13.5. The summed E-state index contributed by atoms with van der Waals surface area (Å²) in [6, 6.07) is 16.2. The van der Waals surface area contributed by atoms with Gasteiger partial charge in [-0.1, -0.05) is 54.4 Å². The second-order valence-corrected chi connectivity index (χ2v) is 11.4. The normalized spacial score (nSPS) is 14.1. The van der Waals surface area contributed by atoms with Crippen molar-refractivity contribution in [1.82, 2.24) is 14.7 Å². The van der Waals surface area contributed by atoms with Gasteiger partial charge >= 0.3 is 6.18 Å². The zero-order valence-electron chi connectivity index (χ0n) is 23.7. The van der Waals surface area contributed by atoms with E-state index in [9.17, 15) is 13.2 Å². The van der Waals surface area contributed by atoms with Crippen LogP contribution in [0.25, 0.3) is 0 Å². The molecule has 4 rings (SSSR count). The zero-order valence-corrected chi connectivity index (χ0v) is 25.3. The fraction of sp³-hybridized carbons (Fsp3) is 0.452. The number of alkyl halides is 3. The lowest BCUT2D eigenvalue weighted by molar-refractivity contribution is -0.187. The van der Waals surface area contributed by atoms with Crippen LogP contribution in [0.3, 0.4) is 0 Å². The van der Waals surface area contributed by atoms with Crippen molar-refractivity contribution < 1.29 is 13.2 Å². The van der Waals surface area contributed by atoms with E-state index in [-0.39, 0.29) is 6.42 Å². The van der Waals surface area contributed by atoms with Crippen molar-refractivity contribution in [3.05, 3.63) is 93.6 Å². The van der Waals surface area contributed by atoms with Gasteiger partial charge in [0, 0.05) is 55.0 Å². The molecule has 0 atom stereocenters. The van der Waals surface area contributed by atoms with Gasteiger partial charge in [-0.3, -0.25) is 9.58 Å². The van der Waals surface area contributed by atoms with Crippen LogP contribution in [0, 0.1) is 19.3 Å². The molecular weight excluding hydrogens is 556 g/mol. The Hall–Kier alpha value is -2.48. The van der Waals surface area contributed by atoms with Crippen molar-refractivity contribution in [2.24, 2.45) is 5.41 Å². The number of rotatable bonds is 11. The SMILES string of the molecule is C=CCN(CCN(C)c1cc(C)n(Cc2cc(Cl)ccc2C)n1)Cc1ccc(Cl)cc1.CCC1(C(F)(F)F)CC1. The van der Waals surface area contributed by atoms with Crippen LogP contribution < -0.4 is 4.90 Å². The molecule has 3 aromatic rings. The monoisotopic (exact) mass is 594 g/mol. The smallest absolute Gasteiger partial charge is 0.357 e. The van der Waals surface area contributed by atoms with Crippen LogP contribution in [0.15, 0.2) is 61.2 Å². The number of halogens is 5. The standard InChI is InChI=1S/C25H30Cl2N4.C6H9F3/c1-5-12-30(17-21-7-10-23(26)11-8-21)14-13-29(4)25-15-20(3)31(28-25)18-22-16-24(27)9-6-19(22)2;1-2-5(3-4-5)6(7,8)9/h5-11,15-16H,1,12-14,17-18H2,2-4H3;2-4H2,1H3. The molecule has 0 N–H and O–H groups in total. The van der Waals surface area contributed by atoms with Gasteiger partial charge in [-0.2, -0.15) is 18.3 Å². The van der Waals surface area contributed by atoms with E-state index in [4.69, 9.17) is 28.3 Å². The first-order valence-corrected chi connectivity index (χ1v) is 14.3. The second kappa shape index (κ2) is 13.9. The van der Waals surface area contributed by atoms with Crippen molar-refractivity contribution in [3.63, 3.8) is 0 Å². The van der Waals surface area contributed by atoms with Gasteiger partial charge in [-0.25, -0.2) is 0 Å². The lowest BCUT2D eigenvalue weighted by atomic mass is 10.0. The molecule has 0 aliphatic heterocycles. The molecular formula is C31H39Cl2F3N4. The molecule has 1 heterocycles. The highest BCUT2D eigenvalue weighted by atomic mass is 35.5. The van der Waals surface area contributed by atoms with Gasteiger partial charge in [-0.15, -0.1) is 6.58 Å². The topological polar surface area (TPSA) is 24.3 Å². The minimum Gasteiger partial charge on any atom is -0.357 e. The Morgan fingerprint density at radius 2 is 1.68 bits per heavy atom. The summed E-state index contributed by atoms with van der Waals surface area (Å²) < 4.78 is 37.7. The van der Waals surface area contributed by atoms with E-state index in [1.165, 1.54) is 16.7 Å². The third kappa shape index (κ3) is 8.76. The van der Waals surface area contributed by atoms with Crippen LogP contribution >= 0.6 is 23.2 Å². The van der Waals surface area contributed by atoms with Crippen LogP contribution in [0.4, 0.5) is 19.0 Å². The van der Waals surface area contributed by atoms with Crippen molar-refractivity contribution >= 4 is 29.0 Å². The van der Waals surface area contributed by atoms with E-state index in [1.807, 2.05) is 35.0 Å². The van der Waals surface area contributed by atoms with Crippen LogP contribution in [0.5, 0.6) is 0 Å². The van der Waals surface area contributed by atoms with E-state index in [0.29, 0.717) is 19.4 Å². The number of hydrogen-bond acceptors (Lipinski definition) is 3. The van der Waals surface area contributed by atoms with E-state index < -0.39 is 11.6 Å². The fourth-order valence-electron chi connectivity index (χ4n) is 4.47. The quantitative estimate of drug-likeness (QED) is 0.207. The Labute approximate surface area is 246 Å². The Balaban J connectivity index is 0.000000415. The maximum atomic E-state index is 11.9. The summed E-state index contributed by atoms with van der Waals surface area (Å²) in [7, 11) is 2.09. The van der Waals surface area contributed by atoms with E-state index >= 15 is 0 Å². The lowest BCUT2D eigenvalue weighted by Crippen LogP contribution is -2.33. The summed E-state index contributed by atoms with van der Waals surface area (Å²) in [6.07, 6.45) is -1.07. The molecule has 0 bridgehead atoms. The lowest BCUT2D eigenvalue weighted by Gasteiger charge is -2.24. The van der Waals surface area contributed by atoms with Gasteiger partial charge in [0.1, 0.15) is 0 Å². The Kier molecular flexibility index (Phi) is 11.2.